The van der Waals surface area contributed by atoms with Crippen LogP contribution in [-0.2, 0) is 28.8 Å². The summed E-state index contributed by atoms with van der Waals surface area (Å²) >= 11 is 0. The maximum absolute atomic E-state index is 11.0. The van der Waals surface area contributed by atoms with Gasteiger partial charge in [0, 0.05) is 23.8 Å². The molecule has 1 aromatic rings. The molecule has 184 valence electrons. The topological polar surface area (TPSA) is 116 Å². The van der Waals surface area contributed by atoms with Crippen LogP contribution in [0.4, 0.5) is 0 Å². The summed E-state index contributed by atoms with van der Waals surface area (Å²) in [7, 11) is 0. The molecular weight excluding hydrogens is 442 g/mol. The van der Waals surface area contributed by atoms with Crippen molar-refractivity contribution in [3.8, 4) is 11.8 Å². The first kappa shape index (κ1) is 23.5. The summed E-state index contributed by atoms with van der Waals surface area (Å²) in [4.78, 5) is 23.0. The molecule has 0 radical (unpaired) electrons. The standard InChI is InChI=1S/C25H31NO8/c1-14-8-9-18-15(2)22(31-23-25(18)17(14)10-11-24(3,32-23)33-34-25)30-20(12-26)16-6-4-5-7-19(16)29-13-21(27)28/h4-7,14-15,17-18,20,22-23H,8-11,13H2,1-3H3,(H,27,28)/t14-,15-,17?,18?,20-,22+,23-,24+,25-/m1/s1. The molecule has 4 aliphatic heterocycles. The minimum Gasteiger partial charge on any atom is -0.481 e. The predicted molar refractivity (Wildman–Crippen MR) is 116 cm³/mol. The summed E-state index contributed by atoms with van der Waals surface area (Å²) in [5.41, 5.74) is -0.259. The van der Waals surface area contributed by atoms with E-state index in [4.69, 9.17) is 33.8 Å². The second kappa shape index (κ2) is 8.77. The minimum atomic E-state index is -1.10. The Hall–Kier alpha value is -2.22. The minimum absolute atomic E-state index is 0.0675. The fraction of sp³-hybridized carbons (Fsp3) is 0.680. The number of carboxylic acid groups (broad SMARTS) is 1. The average Bonchev–Trinajstić information content (AvgIpc) is 3.05. The molecule has 1 saturated carbocycles. The second-order valence-electron chi connectivity index (χ2n) is 10.1. The summed E-state index contributed by atoms with van der Waals surface area (Å²) in [6, 6.07) is 8.96. The summed E-state index contributed by atoms with van der Waals surface area (Å²) in [5, 5.41) is 18.9. The lowest BCUT2D eigenvalue weighted by atomic mass is 9.58. The maximum atomic E-state index is 11.0. The van der Waals surface area contributed by atoms with Gasteiger partial charge in [-0.2, -0.15) is 5.26 Å². The van der Waals surface area contributed by atoms with Crippen LogP contribution in [-0.4, -0.2) is 41.7 Å². The smallest absolute Gasteiger partial charge is 0.341 e. The molecule has 4 saturated heterocycles. The molecule has 1 N–H and O–H groups in total. The molecule has 1 spiro atoms. The number of nitrogens with zero attached hydrogens (tertiary/aromatic N) is 1. The Kier molecular flexibility index (Phi) is 6.07. The van der Waals surface area contributed by atoms with Crippen LogP contribution < -0.4 is 4.74 Å². The van der Waals surface area contributed by atoms with Gasteiger partial charge in [0.25, 0.3) is 0 Å². The molecule has 1 aliphatic carbocycles. The largest absolute Gasteiger partial charge is 0.481 e. The van der Waals surface area contributed by atoms with Gasteiger partial charge in [0.2, 0.25) is 5.79 Å². The van der Waals surface area contributed by atoms with Crippen LogP contribution in [0.5, 0.6) is 5.75 Å². The van der Waals surface area contributed by atoms with Crippen LogP contribution in [0.15, 0.2) is 24.3 Å². The van der Waals surface area contributed by atoms with Gasteiger partial charge in [0.05, 0.1) is 6.07 Å². The Labute approximate surface area is 198 Å². The molecule has 1 aromatic carbocycles. The van der Waals surface area contributed by atoms with Crippen molar-refractivity contribution < 1.29 is 38.6 Å². The quantitative estimate of drug-likeness (QED) is 0.613. The Morgan fingerprint density at radius 2 is 2.03 bits per heavy atom. The third-order valence-corrected chi connectivity index (χ3v) is 8.04. The Morgan fingerprint density at radius 3 is 2.79 bits per heavy atom. The molecule has 9 atom stereocenters. The number of ether oxygens (including phenoxy) is 4. The van der Waals surface area contributed by atoms with Crippen LogP contribution >= 0.6 is 0 Å². The van der Waals surface area contributed by atoms with Crippen molar-refractivity contribution in [2.45, 2.75) is 76.5 Å². The molecule has 2 unspecified atom stereocenters. The molecule has 9 nitrogen and oxygen atoms in total. The van der Waals surface area contributed by atoms with Gasteiger partial charge in [-0.05, 0) is 44.1 Å². The van der Waals surface area contributed by atoms with E-state index in [1.54, 1.807) is 24.3 Å². The first-order valence-electron chi connectivity index (χ1n) is 12.0. The Bertz CT molecular complexity index is 980. The number of benzene rings is 1. The van der Waals surface area contributed by atoms with E-state index in [9.17, 15) is 10.1 Å². The lowest BCUT2D eigenvalue weighted by Crippen LogP contribution is -2.70. The van der Waals surface area contributed by atoms with E-state index in [-0.39, 0.29) is 23.5 Å². The highest BCUT2D eigenvalue weighted by Crippen LogP contribution is 2.60. The highest BCUT2D eigenvalue weighted by Gasteiger charge is 2.69. The summed E-state index contributed by atoms with van der Waals surface area (Å²) < 4.78 is 24.4. The number of carboxylic acids is 1. The summed E-state index contributed by atoms with van der Waals surface area (Å²) in [5.74, 6) is -1.05. The van der Waals surface area contributed by atoms with Crippen molar-refractivity contribution in [3.63, 3.8) is 0 Å². The molecule has 0 aromatic heterocycles. The Morgan fingerprint density at radius 1 is 1.24 bits per heavy atom. The molecule has 5 fully saturated rings. The second-order valence-corrected chi connectivity index (χ2v) is 10.1. The van der Waals surface area contributed by atoms with Gasteiger partial charge >= 0.3 is 5.97 Å². The average molecular weight is 474 g/mol. The highest BCUT2D eigenvalue weighted by molar-refractivity contribution is 5.68. The van der Waals surface area contributed by atoms with Gasteiger partial charge < -0.3 is 24.1 Å². The number of rotatable bonds is 6. The fourth-order valence-electron chi connectivity index (χ4n) is 6.30. The van der Waals surface area contributed by atoms with Crippen LogP contribution in [0, 0.1) is 35.0 Å². The zero-order chi connectivity index (χ0) is 24.1. The molecule has 9 heteroatoms. The molecule has 5 aliphatic rings. The van der Waals surface area contributed by atoms with Crippen LogP contribution in [0.25, 0.3) is 0 Å². The van der Waals surface area contributed by atoms with Gasteiger partial charge in [-0.15, -0.1) is 0 Å². The van der Waals surface area contributed by atoms with Gasteiger partial charge in [0.15, 0.2) is 30.9 Å². The number of nitriles is 1. The van der Waals surface area contributed by atoms with E-state index in [1.165, 1.54) is 0 Å². The SMILES string of the molecule is C[C@@H]1CCC2[C@@H](C)[C@@H](O[C@H](C#N)c3ccccc3OCC(=O)O)O[C@@H]3O[C@]4(C)CCC1[C@@]23OO4. The summed E-state index contributed by atoms with van der Waals surface area (Å²) in [6.45, 7) is 5.66. The van der Waals surface area contributed by atoms with Crippen LogP contribution in [0.3, 0.4) is 0 Å². The van der Waals surface area contributed by atoms with Crippen molar-refractivity contribution in [1.29, 1.82) is 5.26 Å². The van der Waals surface area contributed by atoms with E-state index in [1.807, 2.05) is 6.92 Å². The monoisotopic (exact) mass is 473 g/mol. The van der Waals surface area contributed by atoms with Crippen molar-refractivity contribution in [3.05, 3.63) is 29.8 Å². The third-order valence-electron chi connectivity index (χ3n) is 8.04. The lowest BCUT2D eigenvalue weighted by molar-refractivity contribution is -0.578. The van der Waals surface area contributed by atoms with Crippen LogP contribution in [0.1, 0.15) is 58.1 Å². The number of para-hydroxylation sites is 1. The zero-order valence-electron chi connectivity index (χ0n) is 19.6. The van der Waals surface area contributed by atoms with Crippen molar-refractivity contribution in [1.82, 2.24) is 0 Å². The van der Waals surface area contributed by atoms with E-state index in [2.05, 4.69) is 19.9 Å². The zero-order valence-corrected chi connectivity index (χ0v) is 19.6. The van der Waals surface area contributed by atoms with Crippen molar-refractivity contribution >= 4 is 5.97 Å². The van der Waals surface area contributed by atoms with E-state index in [0.29, 0.717) is 17.9 Å². The molecular formula is C25H31NO8. The van der Waals surface area contributed by atoms with Crippen molar-refractivity contribution in [2.75, 3.05) is 6.61 Å². The molecule has 34 heavy (non-hydrogen) atoms. The van der Waals surface area contributed by atoms with Gasteiger partial charge in [-0.3, -0.25) is 0 Å². The molecule has 0 amide bonds. The number of fused-ring (bicyclic) bond motifs is 2. The number of aliphatic carboxylic acids is 1. The normalized spacial score (nSPS) is 41.6. The first-order valence-corrected chi connectivity index (χ1v) is 12.0. The third kappa shape index (κ3) is 3.78. The maximum Gasteiger partial charge on any atom is 0.341 e. The number of carbonyl (C=O) groups is 1. The number of hydrogen-bond acceptors (Lipinski definition) is 8. The number of hydrogen-bond donors (Lipinski definition) is 1. The molecule has 6 rings (SSSR count). The van der Waals surface area contributed by atoms with Gasteiger partial charge in [0.1, 0.15) is 5.75 Å². The van der Waals surface area contributed by atoms with E-state index < -0.39 is 42.6 Å². The van der Waals surface area contributed by atoms with Crippen molar-refractivity contribution in [2.24, 2.45) is 23.7 Å². The summed E-state index contributed by atoms with van der Waals surface area (Å²) in [6.07, 6.45) is 1.21. The van der Waals surface area contributed by atoms with Crippen LogP contribution in [0.2, 0.25) is 0 Å². The Balaban J connectivity index is 1.42. The van der Waals surface area contributed by atoms with Gasteiger partial charge in [-0.25, -0.2) is 14.6 Å². The lowest BCUT2D eigenvalue weighted by Gasteiger charge is -2.60. The predicted octanol–water partition coefficient (Wildman–Crippen LogP) is 3.94. The van der Waals surface area contributed by atoms with E-state index >= 15 is 0 Å². The fourth-order valence-corrected chi connectivity index (χ4v) is 6.30. The molecule has 2 bridgehead atoms. The molecule has 4 heterocycles. The highest BCUT2D eigenvalue weighted by atomic mass is 17.3. The first-order chi connectivity index (χ1) is 16.3. The van der Waals surface area contributed by atoms with E-state index in [0.717, 1.165) is 19.3 Å². The van der Waals surface area contributed by atoms with Gasteiger partial charge in [-0.1, -0.05) is 32.0 Å².